The molecule has 0 aliphatic heterocycles. The summed E-state index contributed by atoms with van der Waals surface area (Å²) in [6, 6.07) is 0. The molecule has 7 rings (SSSR count). The van der Waals surface area contributed by atoms with Crippen molar-refractivity contribution in [3.63, 3.8) is 0 Å². The van der Waals surface area contributed by atoms with Gasteiger partial charge in [-0.25, -0.2) is 0 Å². The Morgan fingerprint density at radius 2 is 2.00 bits per heavy atom. The summed E-state index contributed by atoms with van der Waals surface area (Å²) in [6.07, 6.45) is 9.07. The van der Waals surface area contributed by atoms with Crippen LogP contribution in [0.1, 0.15) is 6.42 Å². The zero-order valence-corrected chi connectivity index (χ0v) is 10.9. The van der Waals surface area contributed by atoms with Crippen molar-refractivity contribution < 1.29 is 15.0 Å². The zero-order valence-electron chi connectivity index (χ0n) is 10.9. The van der Waals surface area contributed by atoms with Crippen molar-refractivity contribution in [2.24, 2.45) is 52.6 Å². The Labute approximate surface area is 116 Å². The van der Waals surface area contributed by atoms with Crippen LogP contribution < -0.4 is 5.73 Å². The summed E-state index contributed by atoms with van der Waals surface area (Å²) >= 11 is 0. The first-order valence-electron chi connectivity index (χ1n) is 7.62. The lowest BCUT2D eigenvalue weighted by atomic mass is 9.59. The van der Waals surface area contributed by atoms with Crippen LogP contribution in [-0.4, -0.2) is 27.3 Å². The average molecular weight is 271 g/mol. The van der Waals surface area contributed by atoms with Crippen molar-refractivity contribution >= 4 is 5.97 Å². The van der Waals surface area contributed by atoms with Crippen molar-refractivity contribution in [1.29, 1.82) is 0 Å². The van der Waals surface area contributed by atoms with Gasteiger partial charge >= 0.3 is 5.97 Å². The summed E-state index contributed by atoms with van der Waals surface area (Å²) in [5.41, 5.74) is 3.64. The van der Waals surface area contributed by atoms with E-state index in [-0.39, 0.29) is 23.7 Å². The summed E-state index contributed by atoms with van der Waals surface area (Å²) < 4.78 is 0. The largest absolute Gasteiger partial charge is 0.480 e. The van der Waals surface area contributed by atoms with E-state index >= 15 is 0 Å². The molecule has 20 heavy (non-hydrogen) atoms. The van der Waals surface area contributed by atoms with E-state index in [2.05, 4.69) is 6.08 Å². The highest BCUT2D eigenvalue weighted by Crippen LogP contribution is 2.92. The van der Waals surface area contributed by atoms with E-state index in [1.54, 1.807) is 0 Å². The van der Waals surface area contributed by atoms with Gasteiger partial charge in [-0.05, 0) is 41.9 Å². The van der Waals surface area contributed by atoms with Crippen LogP contribution in [-0.2, 0) is 4.79 Å². The summed E-state index contributed by atoms with van der Waals surface area (Å²) in [4.78, 5) is 12.1. The summed E-state index contributed by atoms with van der Waals surface area (Å²) in [6.45, 7) is 0. The van der Waals surface area contributed by atoms with Gasteiger partial charge in [0.15, 0.2) is 0 Å². The number of hydrogen-bond acceptors (Lipinski definition) is 3. The molecule has 6 saturated carbocycles. The SMILES string of the molecule is N[C@]1(C(=O)O)[C@@H]2[C@H]3C[C@@H]4[C@H]5[C@@H]3[C@@]13C=CC=C[C@@H]5[C@@]3(O)[C@@H]42. The average Bonchev–Trinajstić information content (AvgIpc) is 3.02. The van der Waals surface area contributed by atoms with Crippen LogP contribution in [0.5, 0.6) is 0 Å². The number of carboxylic acids is 1. The van der Waals surface area contributed by atoms with Gasteiger partial charge in [-0.3, -0.25) is 4.79 Å². The molecule has 4 N–H and O–H groups in total. The van der Waals surface area contributed by atoms with E-state index in [9.17, 15) is 15.0 Å². The Hall–Kier alpha value is -1.13. The Morgan fingerprint density at radius 1 is 1.20 bits per heavy atom. The molecule has 4 heteroatoms. The quantitative estimate of drug-likeness (QED) is 0.644. The minimum absolute atomic E-state index is 0.0302. The summed E-state index contributed by atoms with van der Waals surface area (Å²) in [5.74, 6) is 0.911. The summed E-state index contributed by atoms with van der Waals surface area (Å²) in [5, 5.41) is 21.5. The molecule has 7 aliphatic carbocycles. The Kier molecular flexibility index (Phi) is 1.28. The first-order chi connectivity index (χ1) is 9.51. The molecule has 1 spiro atoms. The van der Waals surface area contributed by atoms with Gasteiger partial charge in [-0.1, -0.05) is 24.3 Å². The van der Waals surface area contributed by atoms with Crippen LogP contribution in [0.2, 0.25) is 0 Å². The number of allylic oxidation sites excluding steroid dienone is 2. The van der Waals surface area contributed by atoms with Crippen LogP contribution in [0.15, 0.2) is 24.3 Å². The molecule has 0 aromatic carbocycles. The maximum Gasteiger partial charge on any atom is 0.325 e. The van der Waals surface area contributed by atoms with E-state index in [1.807, 2.05) is 18.2 Å². The Balaban J connectivity index is 1.79. The van der Waals surface area contributed by atoms with Crippen molar-refractivity contribution in [2.75, 3.05) is 0 Å². The molecule has 7 bridgehead atoms. The van der Waals surface area contributed by atoms with Crippen molar-refractivity contribution in [1.82, 2.24) is 0 Å². The molecule has 10 atom stereocenters. The zero-order chi connectivity index (χ0) is 13.7. The van der Waals surface area contributed by atoms with Gasteiger partial charge in [0.2, 0.25) is 0 Å². The highest BCUT2D eigenvalue weighted by molar-refractivity contribution is 5.85. The first-order valence-corrected chi connectivity index (χ1v) is 7.62. The molecule has 0 unspecified atom stereocenters. The van der Waals surface area contributed by atoms with E-state index < -0.39 is 22.5 Å². The minimum atomic E-state index is -1.28. The smallest absolute Gasteiger partial charge is 0.325 e. The number of carbonyl (C=O) groups is 1. The van der Waals surface area contributed by atoms with Crippen LogP contribution in [0.3, 0.4) is 0 Å². The van der Waals surface area contributed by atoms with Crippen LogP contribution >= 0.6 is 0 Å². The van der Waals surface area contributed by atoms with Crippen LogP contribution in [0, 0.1) is 46.8 Å². The minimum Gasteiger partial charge on any atom is -0.480 e. The van der Waals surface area contributed by atoms with E-state index in [0.29, 0.717) is 17.8 Å². The number of aliphatic hydroxyl groups is 1. The molecule has 0 amide bonds. The van der Waals surface area contributed by atoms with Crippen molar-refractivity contribution in [3.05, 3.63) is 24.3 Å². The molecular formula is C16H17NO3. The lowest BCUT2D eigenvalue weighted by molar-refractivity contribution is -0.152. The molecule has 6 fully saturated rings. The Morgan fingerprint density at radius 3 is 2.75 bits per heavy atom. The van der Waals surface area contributed by atoms with Gasteiger partial charge in [0, 0.05) is 5.92 Å². The summed E-state index contributed by atoms with van der Waals surface area (Å²) in [7, 11) is 0. The molecule has 0 aromatic heterocycles. The highest BCUT2D eigenvalue weighted by atomic mass is 16.4. The molecule has 0 heterocycles. The van der Waals surface area contributed by atoms with E-state index in [1.165, 1.54) is 0 Å². The number of hydrogen-bond donors (Lipinski definition) is 3. The van der Waals surface area contributed by atoms with Gasteiger partial charge in [0.05, 0.1) is 11.0 Å². The fraction of sp³-hybridized carbons (Fsp3) is 0.688. The van der Waals surface area contributed by atoms with Gasteiger partial charge < -0.3 is 15.9 Å². The first kappa shape index (κ1) is 10.6. The fourth-order valence-corrected chi connectivity index (χ4v) is 8.40. The number of aliphatic carboxylic acids is 1. The molecule has 4 nitrogen and oxygen atoms in total. The van der Waals surface area contributed by atoms with Crippen molar-refractivity contribution in [3.8, 4) is 0 Å². The second-order valence-corrected chi connectivity index (χ2v) is 7.86. The van der Waals surface area contributed by atoms with E-state index in [4.69, 9.17) is 5.73 Å². The van der Waals surface area contributed by atoms with Gasteiger partial charge in [0.1, 0.15) is 5.54 Å². The maximum absolute atomic E-state index is 12.1. The number of rotatable bonds is 1. The van der Waals surface area contributed by atoms with Gasteiger partial charge in [-0.2, -0.15) is 0 Å². The molecule has 104 valence electrons. The monoisotopic (exact) mass is 271 g/mol. The normalized spacial score (nSPS) is 72.4. The molecule has 0 aromatic rings. The fourth-order valence-electron chi connectivity index (χ4n) is 8.40. The number of nitrogens with two attached hydrogens (primary N) is 1. The van der Waals surface area contributed by atoms with Gasteiger partial charge in [0.25, 0.3) is 0 Å². The third-order valence-electron chi connectivity index (χ3n) is 8.20. The molecule has 0 radical (unpaired) electrons. The predicted octanol–water partition coefficient (Wildman–Crippen LogP) is 0.383. The topological polar surface area (TPSA) is 83.6 Å². The highest BCUT2D eigenvalue weighted by Gasteiger charge is 2.98. The van der Waals surface area contributed by atoms with Gasteiger partial charge in [-0.15, -0.1) is 0 Å². The lowest BCUT2D eigenvalue weighted by Crippen LogP contribution is -2.63. The Bertz CT molecular complexity index is 656. The third-order valence-corrected chi connectivity index (χ3v) is 8.20. The van der Waals surface area contributed by atoms with Crippen LogP contribution in [0.25, 0.3) is 0 Å². The van der Waals surface area contributed by atoms with Crippen molar-refractivity contribution in [2.45, 2.75) is 17.6 Å². The maximum atomic E-state index is 12.1. The second kappa shape index (κ2) is 2.42. The number of carboxylic acid groups (broad SMARTS) is 1. The standard InChI is InChI=1S/C16H17NO3/c17-15(13(18)19)11-7-5-6-9-8-3-1-2-4-14(15,10(7)9)16(8,20)12(6)11/h1-4,6-12,20H,5,17H2,(H,18,19)/t6-,7+,8+,9-,10-,11-,12+,14+,15+,16-/m1/s1. The molecular weight excluding hydrogens is 254 g/mol. The second-order valence-electron chi connectivity index (χ2n) is 7.86. The predicted molar refractivity (Wildman–Crippen MR) is 69.3 cm³/mol. The van der Waals surface area contributed by atoms with Crippen LogP contribution in [0.4, 0.5) is 0 Å². The molecule has 0 saturated heterocycles. The lowest BCUT2D eigenvalue weighted by Gasteiger charge is -2.47. The molecule has 7 aliphatic rings. The third kappa shape index (κ3) is 0.563. The van der Waals surface area contributed by atoms with E-state index in [0.717, 1.165) is 6.42 Å².